The topological polar surface area (TPSA) is 75.4 Å². The van der Waals surface area contributed by atoms with Crippen molar-refractivity contribution in [2.45, 2.75) is 52.1 Å². The summed E-state index contributed by atoms with van der Waals surface area (Å²) in [6.07, 6.45) is 5.42. The van der Waals surface area contributed by atoms with Gasteiger partial charge in [-0.2, -0.15) is 10.1 Å². The molecule has 0 spiro atoms. The van der Waals surface area contributed by atoms with Crippen molar-refractivity contribution in [3.8, 4) is 0 Å². The van der Waals surface area contributed by atoms with Crippen molar-refractivity contribution in [1.82, 2.24) is 29.8 Å². The molecule has 152 valence electrons. The lowest BCUT2D eigenvalue weighted by Gasteiger charge is -2.26. The average molecular weight is 393 g/mol. The summed E-state index contributed by atoms with van der Waals surface area (Å²) in [5, 5.41) is 7.16. The number of carbonyl (C=O) groups is 1. The second-order valence-corrected chi connectivity index (χ2v) is 8.03. The van der Waals surface area contributed by atoms with E-state index >= 15 is 0 Å². The van der Waals surface area contributed by atoms with E-state index in [2.05, 4.69) is 63.4 Å². The highest BCUT2D eigenvalue weighted by atomic mass is 16.1. The van der Waals surface area contributed by atoms with Crippen LogP contribution in [0.25, 0.3) is 5.78 Å². The number of hydrogen-bond donors (Lipinski definition) is 1. The lowest BCUT2D eigenvalue weighted by atomic mass is 10.1. The molecule has 0 aliphatic carbocycles. The lowest BCUT2D eigenvalue weighted by molar-refractivity contribution is 0.0946. The van der Waals surface area contributed by atoms with Crippen LogP contribution in [0.3, 0.4) is 0 Å². The Kier molecular flexibility index (Phi) is 5.85. The van der Waals surface area contributed by atoms with Crippen LogP contribution in [0.15, 0.2) is 36.7 Å². The first-order valence-electron chi connectivity index (χ1n) is 10.4. The van der Waals surface area contributed by atoms with E-state index in [0.29, 0.717) is 18.0 Å². The Morgan fingerprint density at radius 2 is 1.83 bits per heavy atom. The summed E-state index contributed by atoms with van der Waals surface area (Å²) in [4.78, 5) is 23.6. The number of piperidine rings is 1. The van der Waals surface area contributed by atoms with Crippen molar-refractivity contribution in [2.75, 3.05) is 13.1 Å². The Hall–Kier alpha value is -2.80. The summed E-state index contributed by atoms with van der Waals surface area (Å²) >= 11 is 0. The van der Waals surface area contributed by atoms with E-state index in [-0.39, 0.29) is 11.8 Å². The number of hydrogen-bond acceptors (Lipinski definition) is 5. The first-order chi connectivity index (χ1) is 14.1. The van der Waals surface area contributed by atoms with Gasteiger partial charge in [-0.25, -0.2) is 9.50 Å². The fourth-order valence-electron chi connectivity index (χ4n) is 3.77. The maximum atomic E-state index is 12.7. The highest BCUT2D eigenvalue weighted by molar-refractivity contribution is 5.92. The highest BCUT2D eigenvalue weighted by Gasteiger charge is 2.15. The Labute approximate surface area is 171 Å². The molecule has 1 aromatic carbocycles. The van der Waals surface area contributed by atoms with Crippen LogP contribution >= 0.6 is 0 Å². The second kappa shape index (κ2) is 8.69. The summed E-state index contributed by atoms with van der Waals surface area (Å²) in [7, 11) is 0. The largest absolute Gasteiger partial charge is 0.347 e. The van der Waals surface area contributed by atoms with Crippen LogP contribution in [-0.2, 0) is 13.1 Å². The maximum absolute atomic E-state index is 12.7. The summed E-state index contributed by atoms with van der Waals surface area (Å²) in [6.45, 7) is 7.98. The van der Waals surface area contributed by atoms with Crippen molar-refractivity contribution in [2.24, 2.45) is 0 Å². The molecule has 29 heavy (non-hydrogen) atoms. The van der Waals surface area contributed by atoms with E-state index in [1.165, 1.54) is 44.2 Å². The van der Waals surface area contributed by atoms with E-state index in [0.717, 1.165) is 17.8 Å². The third-order valence-corrected chi connectivity index (χ3v) is 5.43. The third kappa shape index (κ3) is 4.62. The molecular formula is C22H28N6O. The van der Waals surface area contributed by atoms with Crippen molar-refractivity contribution in [1.29, 1.82) is 0 Å². The van der Waals surface area contributed by atoms with E-state index in [4.69, 9.17) is 0 Å². The molecule has 3 heterocycles. The number of carbonyl (C=O) groups excluding carboxylic acids is 1. The molecule has 7 nitrogen and oxygen atoms in total. The molecule has 0 radical (unpaired) electrons. The third-order valence-electron chi connectivity index (χ3n) is 5.43. The van der Waals surface area contributed by atoms with Crippen molar-refractivity contribution < 1.29 is 4.79 Å². The zero-order chi connectivity index (χ0) is 20.2. The Bertz CT molecular complexity index is 973. The zero-order valence-corrected chi connectivity index (χ0v) is 17.1. The molecule has 1 saturated heterocycles. The fourth-order valence-corrected chi connectivity index (χ4v) is 3.77. The summed E-state index contributed by atoms with van der Waals surface area (Å²) in [5.41, 5.74) is 3.69. The van der Waals surface area contributed by atoms with Gasteiger partial charge < -0.3 is 5.32 Å². The molecule has 1 aliphatic rings. The molecule has 1 amide bonds. The molecule has 3 aromatic rings. The van der Waals surface area contributed by atoms with Crippen LogP contribution in [0.2, 0.25) is 0 Å². The number of fused-ring (bicyclic) bond motifs is 1. The van der Waals surface area contributed by atoms with Crippen LogP contribution in [0.5, 0.6) is 0 Å². The van der Waals surface area contributed by atoms with E-state index in [1.54, 1.807) is 10.6 Å². The molecule has 1 aliphatic heterocycles. The highest BCUT2D eigenvalue weighted by Crippen LogP contribution is 2.16. The minimum Gasteiger partial charge on any atom is -0.347 e. The van der Waals surface area contributed by atoms with E-state index in [9.17, 15) is 4.79 Å². The van der Waals surface area contributed by atoms with Gasteiger partial charge in [0.05, 0.1) is 5.69 Å². The van der Waals surface area contributed by atoms with Crippen LogP contribution in [-0.4, -0.2) is 43.5 Å². The smallest absolute Gasteiger partial charge is 0.270 e. The van der Waals surface area contributed by atoms with Crippen LogP contribution in [0.4, 0.5) is 0 Å². The molecule has 0 bridgehead atoms. The van der Waals surface area contributed by atoms with Gasteiger partial charge in [0.15, 0.2) is 0 Å². The standard InChI is InChI=1S/C22H28N6O/c1-16(2)20-12-19(26-22-24-15-25-28(20)22)21(29)23-13-17-6-8-18(9-7-17)14-27-10-4-3-5-11-27/h6-9,12,15-16H,3-5,10-11,13-14H2,1-2H3,(H,23,29). The minimum atomic E-state index is -0.199. The van der Waals surface area contributed by atoms with Gasteiger partial charge >= 0.3 is 0 Å². The summed E-state index contributed by atoms with van der Waals surface area (Å²) in [5.74, 6) is 0.458. The number of nitrogens with one attached hydrogen (secondary N) is 1. The van der Waals surface area contributed by atoms with Gasteiger partial charge in [0.1, 0.15) is 12.0 Å². The van der Waals surface area contributed by atoms with Crippen LogP contribution in [0, 0.1) is 0 Å². The number of aromatic nitrogens is 4. The fraction of sp³-hybridized carbons (Fsp3) is 0.455. The Morgan fingerprint density at radius 1 is 1.10 bits per heavy atom. The van der Waals surface area contributed by atoms with Crippen LogP contribution in [0.1, 0.15) is 66.3 Å². The van der Waals surface area contributed by atoms with Gasteiger partial charge in [0.2, 0.25) is 0 Å². The summed E-state index contributed by atoms with van der Waals surface area (Å²) < 4.78 is 1.68. The number of likely N-dealkylation sites (tertiary alicyclic amines) is 1. The van der Waals surface area contributed by atoms with Gasteiger partial charge in [0, 0.05) is 13.1 Å². The molecule has 7 heteroatoms. The van der Waals surface area contributed by atoms with E-state index < -0.39 is 0 Å². The van der Waals surface area contributed by atoms with Crippen molar-refractivity contribution >= 4 is 11.7 Å². The molecule has 1 fully saturated rings. The Balaban J connectivity index is 1.38. The number of benzene rings is 1. The van der Waals surface area contributed by atoms with Crippen LogP contribution < -0.4 is 5.32 Å². The first kappa shape index (κ1) is 19.5. The molecule has 4 rings (SSSR count). The number of rotatable bonds is 6. The van der Waals surface area contributed by atoms with Crippen molar-refractivity contribution in [3.63, 3.8) is 0 Å². The molecule has 2 aromatic heterocycles. The summed E-state index contributed by atoms with van der Waals surface area (Å²) in [6, 6.07) is 10.3. The predicted molar refractivity (Wildman–Crippen MR) is 112 cm³/mol. The SMILES string of the molecule is CC(C)c1cc(C(=O)NCc2ccc(CN3CCCCC3)cc2)nc2ncnn12. The maximum Gasteiger partial charge on any atom is 0.270 e. The predicted octanol–water partition coefficient (Wildman–Crippen LogP) is 3.16. The van der Waals surface area contributed by atoms with Gasteiger partial charge in [-0.15, -0.1) is 0 Å². The van der Waals surface area contributed by atoms with Crippen molar-refractivity contribution in [3.05, 3.63) is 59.2 Å². The zero-order valence-electron chi connectivity index (χ0n) is 17.1. The number of nitrogens with zero attached hydrogens (tertiary/aromatic N) is 5. The quantitative estimate of drug-likeness (QED) is 0.697. The van der Waals surface area contributed by atoms with Gasteiger partial charge in [-0.05, 0) is 49.0 Å². The van der Waals surface area contributed by atoms with Gasteiger partial charge in [0.25, 0.3) is 11.7 Å². The molecule has 0 saturated carbocycles. The monoisotopic (exact) mass is 392 g/mol. The average Bonchev–Trinajstić information content (AvgIpc) is 3.21. The number of amides is 1. The molecule has 1 N–H and O–H groups in total. The minimum absolute atomic E-state index is 0.199. The van der Waals surface area contributed by atoms with Gasteiger partial charge in [-0.3, -0.25) is 9.69 Å². The van der Waals surface area contributed by atoms with Gasteiger partial charge in [-0.1, -0.05) is 44.5 Å². The molecule has 0 unspecified atom stereocenters. The Morgan fingerprint density at radius 3 is 2.55 bits per heavy atom. The molecular weight excluding hydrogens is 364 g/mol. The van der Waals surface area contributed by atoms with E-state index in [1.807, 2.05) is 0 Å². The first-order valence-corrected chi connectivity index (χ1v) is 10.4. The molecule has 0 atom stereocenters. The second-order valence-electron chi connectivity index (χ2n) is 8.03. The normalized spacial score (nSPS) is 15.1. The lowest BCUT2D eigenvalue weighted by Crippen LogP contribution is -2.29.